The van der Waals surface area contributed by atoms with Crippen LogP contribution in [-0.2, 0) is 0 Å². The van der Waals surface area contributed by atoms with Crippen molar-refractivity contribution in [1.82, 2.24) is 10.3 Å². The Morgan fingerprint density at radius 2 is 1.86 bits per heavy atom. The van der Waals surface area contributed by atoms with Gasteiger partial charge in [-0.25, -0.2) is 0 Å². The van der Waals surface area contributed by atoms with Crippen molar-refractivity contribution in [1.29, 1.82) is 0 Å². The van der Waals surface area contributed by atoms with Gasteiger partial charge in [0.05, 0.1) is 11.9 Å². The fourth-order valence-electron chi connectivity index (χ4n) is 2.30. The summed E-state index contributed by atoms with van der Waals surface area (Å²) in [5, 5.41) is 3.35. The minimum atomic E-state index is 0.256. The molecular weight excluding hydrogens is 260 g/mol. The molecule has 3 heteroatoms. The van der Waals surface area contributed by atoms with E-state index in [-0.39, 0.29) is 6.04 Å². The molecule has 1 aromatic carbocycles. The van der Waals surface area contributed by atoms with Gasteiger partial charge in [0, 0.05) is 6.04 Å². The van der Waals surface area contributed by atoms with Crippen molar-refractivity contribution < 1.29 is 4.74 Å². The summed E-state index contributed by atoms with van der Waals surface area (Å²) in [4.78, 5) is 4.48. The topological polar surface area (TPSA) is 34.1 Å². The predicted octanol–water partition coefficient (Wildman–Crippen LogP) is 4.67. The quantitative estimate of drug-likeness (QED) is 0.837. The highest BCUT2D eigenvalue weighted by Crippen LogP contribution is 2.30. The highest BCUT2D eigenvalue weighted by Gasteiger charge is 2.09. The lowest BCUT2D eigenvalue weighted by atomic mass is 10.0. The Bertz CT molecular complexity index is 564. The molecule has 2 rings (SSSR count). The van der Waals surface area contributed by atoms with Crippen LogP contribution in [0.2, 0.25) is 0 Å². The average Bonchev–Trinajstić information content (AvgIpc) is 2.48. The SMILES string of the molecule is CCNC(C)c1ccc(Oc2ccccc2C(C)C)cn1. The molecule has 0 aliphatic carbocycles. The van der Waals surface area contributed by atoms with E-state index in [2.05, 4.69) is 44.1 Å². The number of benzene rings is 1. The van der Waals surface area contributed by atoms with E-state index in [1.807, 2.05) is 30.3 Å². The number of nitrogens with zero attached hydrogens (tertiary/aromatic N) is 1. The predicted molar refractivity (Wildman–Crippen MR) is 86.9 cm³/mol. The smallest absolute Gasteiger partial charge is 0.145 e. The van der Waals surface area contributed by atoms with Crippen LogP contribution in [-0.4, -0.2) is 11.5 Å². The average molecular weight is 284 g/mol. The first kappa shape index (κ1) is 15.5. The first-order valence-corrected chi connectivity index (χ1v) is 7.58. The Balaban J connectivity index is 2.14. The van der Waals surface area contributed by atoms with Crippen LogP contribution in [0.15, 0.2) is 42.6 Å². The van der Waals surface area contributed by atoms with Crippen molar-refractivity contribution in [3.05, 3.63) is 53.9 Å². The summed E-state index contributed by atoms with van der Waals surface area (Å²) in [6.45, 7) is 9.48. The minimum absolute atomic E-state index is 0.256. The Kier molecular flexibility index (Phi) is 5.34. The van der Waals surface area contributed by atoms with E-state index in [4.69, 9.17) is 4.74 Å². The summed E-state index contributed by atoms with van der Waals surface area (Å²) < 4.78 is 5.98. The van der Waals surface area contributed by atoms with Crippen molar-refractivity contribution >= 4 is 0 Å². The molecule has 1 N–H and O–H groups in total. The van der Waals surface area contributed by atoms with Crippen LogP contribution in [0.4, 0.5) is 0 Å². The lowest BCUT2D eigenvalue weighted by molar-refractivity contribution is 0.469. The van der Waals surface area contributed by atoms with Gasteiger partial charge in [-0.05, 0) is 43.1 Å². The van der Waals surface area contributed by atoms with Crippen LogP contribution in [0.25, 0.3) is 0 Å². The Hall–Kier alpha value is -1.87. The lowest BCUT2D eigenvalue weighted by Gasteiger charge is -2.15. The summed E-state index contributed by atoms with van der Waals surface area (Å²) in [7, 11) is 0. The maximum absolute atomic E-state index is 5.98. The van der Waals surface area contributed by atoms with Gasteiger partial charge in [0.15, 0.2) is 0 Å². The number of hydrogen-bond acceptors (Lipinski definition) is 3. The summed E-state index contributed by atoms with van der Waals surface area (Å²) in [5.74, 6) is 2.11. The minimum Gasteiger partial charge on any atom is -0.455 e. The Labute approximate surface area is 127 Å². The van der Waals surface area contributed by atoms with Gasteiger partial charge in [-0.1, -0.05) is 39.0 Å². The van der Waals surface area contributed by atoms with Crippen LogP contribution >= 0.6 is 0 Å². The molecule has 0 spiro atoms. The normalized spacial score (nSPS) is 12.4. The molecule has 0 fully saturated rings. The Morgan fingerprint density at radius 3 is 2.48 bits per heavy atom. The van der Waals surface area contributed by atoms with E-state index in [0.717, 1.165) is 23.7 Å². The van der Waals surface area contributed by atoms with Crippen molar-refractivity contribution in [2.45, 2.75) is 39.7 Å². The molecule has 0 aliphatic rings. The number of aromatic nitrogens is 1. The van der Waals surface area contributed by atoms with Gasteiger partial charge in [0.2, 0.25) is 0 Å². The largest absolute Gasteiger partial charge is 0.455 e. The van der Waals surface area contributed by atoms with Crippen molar-refractivity contribution in [2.24, 2.45) is 0 Å². The molecule has 1 unspecified atom stereocenters. The fourth-order valence-corrected chi connectivity index (χ4v) is 2.30. The van der Waals surface area contributed by atoms with Gasteiger partial charge in [-0.2, -0.15) is 0 Å². The molecule has 1 heterocycles. The number of rotatable bonds is 6. The second-order valence-corrected chi connectivity index (χ2v) is 5.49. The number of hydrogen-bond donors (Lipinski definition) is 1. The molecular formula is C18H24N2O. The standard InChI is InChI=1S/C18H24N2O/c1-5-19-14(4)17-11-10-15(12-20-17)21-18-9-7-6-8-16(18)13(2)3/h6-14,19H,5H2,1-4H3. The van der Waals surface area contributed by atoms with E-state index in [9.17, 15) is 0 Å². The van der Waals surface area contributed by atoms with E-state index >= 15 is 0 Å². The molecule has 0 radical (unpaired) electrons. The third-order valence-electron chi connectivity index (χ3n) is 3.48. The first-order valence-electron chi connectivity index (χ1n) is 7.58. The molecule has 0 saturated heterocycles. The molecule has 1 atom stereocenters. The van der Waals surface area contributed by atoms with Gasteiger partial charge >= 0.3 is 0 Å². The molecule has 0 aliphatic heterocycles. The molecule has 0 saturated carbocycles. The maximum Gasteiger partial charge on any atom is 0.145 e. The number of para-hydroxylation sites is 1. The van der Waals surface area contributed by atoms with Gasteiger partial charge in [0.25, 0.3) is 0 Å². The summed E-state index contributed by atoms with van der Waals surface area (Å²) >= 11 is 0. The summed E-state index contributed by atoms with van der Waals surface area (Å²) in [6.07, 6.45) is 1.79. The van der Waals surface area contributed by atoms with Crippen LogP contribution < -0.4 is 10.1 Å². The zero-order valence-electron chi connectivity index (χ0n) is 13.3. The fraction of sp³-hybridized carbons (Fsp3) is 0.389. The molecule has 112 valence electrons. The third kappa shape index (κ3) is 4.05. The number of ether oxygens (including phenoxy) is 1. The van der Waals surface area contributed by atoms with Gasteiger partial charge in [-0.15, -0.1) is 0 Å². The van der Waals surface area contributed by atoms with E-state index in [1.165, 1.54) is 5.56 Å². The Morgan fingerprint density at radius 1 is 1.10 bits per heavy atom. The van der Waals surface area contributed by atoms with Gasteiger partial charge in [-0.3, -0.25) is 4.98 Å². The van der Waals surface area contributed by atoms with Gasteiger partial charge < -0.3 is 10.1 Å². The highest BCUT2D eigenvalue weighted by atomic mass is 16.5. The van der Waals surface area contributed by atoms with E-state index in [1.54, 1.807) is 6.20 Å². The lowest BCUT2D eigenvalue weighted by Crippen LogP contribution is -2.18. The number of pyridine rings is 1. The molecule has 1 aromatic heterocycles. The molecule has 0 bridgehead atoms. The van der Waals surface area contributed by atoms with Crippen molar-refractivity contribution in [2.75, 3.05) is 6.54 Å². The zero-order chi connectivity index (χ0) is 15.2. The highest BCUT2D eigenvalue weighted by molar-refractivity contribution is 5.39. The molecule has 0 amide bonds. The van der Waals surface area contributed by atoms with E-state index < -0.39 is 0 Å². The van der Waals surface area contributed by atoms with Crippen molar-refractivity contribution in [3.8, 4) is 11.5 Å². The van der Waals surface area contributed by atoms with Crippen LogP contribution in [0.5, 0.6) is 11.5 Å². The third-order valence-corrected chi connectivity index (χ3v) is 3.48. The van der Waals surface area contributed by atoms with Crippen LogP contribution in [0.1, 0.15) is 50.9 Å². The molecule has 3 nitrogen and oxygen atoms in total. The van der Waals surface area contributed by atoms with Crippen LogP contribution in [0.3, 0.4) is 0 Å². The summed E-state index contributed by atoms with van der Waals surface area (Å²) in [5.41, 5.74) is 2.24. The molecule has 2 aromatic rings. The number of nitrogens with one attached hydrogen (secondary N) is 1. The summed E-state index contributed by atoms with van der Waals surface area (Å²) in [6, 6.07) is 12.4. The van der Waals surface area contributed by atoms with Gasteiger partial charge in [0.1, 0.15) is 11.5 Å². The van der Waals surface area contributed by atoms with Crippen LogP contribution in [0, 0.1) is 0 Å². The monoisotopic (exact) mass is 284 g/mol. The zero-order valence-corrected chi connectivity index (χ0v) is 13.3. The second-order valence-electron chi connectivity index (χ2n) is 5.49. The first-order chi connectivity index (χ1) is 10.1. The second kappa shape index (κ2) is 7.23. The van der Waals surface area contributed by atoms with E-state index in [0.29, 0.717) is 5.92 Å². The maximum atomic E-state index is 5.98. The molecule has 21 heavy (non-hydrogen) atoms. The van der Waals surface area contributed by atoms with Crippen molar-refractivity contribution in [3.63, 3.8) is 0 Å².